The summed E-state index contributed by atoms with van der Waals surface area (Å²) in [6.45, 7) is 5.08. The summed E-state index contributed by atoms with van der Waals surface area (Å²) in [5.74, 6) is 1.54. The molecule has 102 valence electrons. The van der Waals surface area contributed by atoms with Gasteiger partial charge in [0.1, 0.15) is 0 Å². The Morgan fingerprint density at radius 3 is 2.58 bits per heavy atom. The Hall–Kier alpha value is -1.82. The lowest BCUT2D eigenvalue weighted by Gasteiger charge is -2.22. The van der Waals surface area contributed by atoms with E-state index in [1.54, 1.807) is 18.5 Å². The Bertz CT molecular complexity index is 509. The zero-order chi connectivity index (χ0) is 13.7. The zero-order valence-electron chi connectivity index (χ0n) is 11.3. The third-order valence-corrected chi connectivity index (χ3v) is 3.07. The van der Waals surface area contributed by atoms with E-state index in [2.05, 4.69) is 34.0 Å². The van der Waals surface area contributed by atoms with Gasteiger partial charge in [0.15, 0.2) is 0 Å². The lowest BCUT2D eigenvalue weighted by molar-refractivity contribution is 0.289. The van der Waals surface area contributed by atoms with E-state index in [1.165, 1.54) is 0 Å². The standard InChI is InChI=1S/C13H19N5O/c1-13(2,6-7-14)5-4-10-17-12(18-19-10)11-15-8-3-9-16-11/h3,8-9H,4-7,14H2,1-2H3. The van der Waals surface area contributed by atoms with Crippen molar-refractivity contribution in [2.24, 2.45) is 11.1 Å². The fraction of sp³-hybridized carbons (Fsp3) is 0.538. The van der Waals surface area contributed by atoms with Crippen LogP contribution in [0.2, 0.25) is 0 Å². The molecule has 0 amide bonds. The molecule has 0 saturated carbocycles. The molecule has 2 N–H and O–H groups in total. The van der Waals surface area contributed by atoms with Gasteiger partial charge in [0.05, 0.1) is 0 Å². The van der Waals surface area contributed by atoms with Crippen LogP contribution in [0.25, 0.3) is 11.6 Å². The van der Waals surface area contributed by atoms with Crippen molar-refractivity contribution in [2.45, 2.75) is 33.1 Å². The van der Waals surface area contributed by atoms with Gasteiger partial charge in [-0.15, -0.1) is 0 Å². The van der Waals surface area contributed by atoms with E-state index >= 15 is 0 Å². The average Bonchev–Trinajstić information content (AvgIpc) is 2.86. The minimum absolute atomic E-state index is 0.187. The first-order valence-corrected chi connectivity index (χ1v) is 6.41. The summed E-state index contributed by atoms with van der Waals surface area (Å²) in [7, 11) is 0. The smallest absolute Gasteiger partial charge is 0.240 e. The summed E-state index contributed by atoms with van der Waals surface area (Å²) in [6.07, 6.45) is 6.00. The highest BCUT2D eigenvalue weighted by Gasteiger charge is 2.19. The van der Waals surface area contributed by atoms with E-state index in [0.29, 0.717) is 24.1 Å². The van der Waals surface area contributed by atoms with Crippen LogP contribution in [-0.2, 0) is 6.42 Å². The Labute approximate surface area is 112 Å². The highest BCUT2D eigenvalue weighted by molar-refractivity contribution is 5.40. The van der Waals surface area contributed by atoms with Gasteiger partial charge in [-0.1, -0.05) is 19.0 Å². The summed E-state index contributed by atoms with van der Waals surface area (Å²) < 4.78 is 5.22. The first-order valence-electron chi connectivity index (χ1n) is 6.41. The predicted octanol–water partition coefficient (Wildman–Crippen LogP) is 1.83. The van der Waals surface area contributed by atoms with Crippen molar-refractivity contribution < 1.29 is 4.52 Å². The van der Waals surface area contributed by atoms with Crippen LogP contribution in [0.3, 0.4) is 0 Å². The van der Waals surface area contributed by atoms with Crippen molar-refractivity contribution in [3.63, 3.8) is 0 Å². The van der Waals surface area contributed by atoms with Gasteiger partial charge in [-0.3, -0.25) is 0 Å². The maximum absolute atomic E-state index is 5.60. The van der Waals surface area contributed by atoms with Gasteiger partial charge >= 0.3 is 0 Å². The van der Waals surface area contributed by atoms with Gasteiger partial charge in [-0.05, 0) is 30.9 Å². The molecule has 0 fully saturated rings. The third kappa shape index (κ3) is 3.82. The molecule has 0 bridgehead atoms. The van der Waals surface area contributed by atoms with E-state index in [1.807, 2.05) is 0 Å². The summed E-state index contributed by atoms with van der Waals surface area (Å²) in [4.78, 5) is 12.5. The molecule has 0 unspecified atom stereocenters. The summed E-state index contributed by atoms with van der Waals surface area (Å²) >= 11 is 0. The maximum atomic E-state index is 5.60. The van der Waals surface area contributed by atoms with Crippen LogP contribution in [0, 0.1) is 5.41 Å². The lowest BCUT2D eigenvalue weighted by atomic mass is 9.84. The molecule has 0 aliphatic heterocycles. The molecule has 2 aromatic rings. The predicted molar refractivity (Wildman–Crippen MR) is 71.1 cm³/mol. The van der Waals surface area contributed by atoms with E-state index < -0.39 is 0 Å². The van der Waals surface area contributed by atoms with Crippen LogP contribution in [0.5, 0.6) is 0 Å². The second kappa shape index (κ2) is 5.88. The van der Waals surface area contributed by atoms with Crippen LogP contribution < -0.4 is 5.73 Å². The molecule has 0 aliphatic carbocycles. The lowest BCUT2D eigenvalue weighted by Crippen LogP contribution is -2.17. The normalized spacial score (nSPS) is 11.7. The number of hydrogen-bond acceptors (Lipinski definition) is 6. The minimum atomic E-state index is 0.187. The number of aromatic nitrogens is 4. The first-order chi connectivity index (χ1) is 9.11. The van der Waals surface area contributed by atoms with E-state index in [9.17, 15) is 0 Å². The molecule has 6 heteroatoms. The van der Waals surface area contributed by atoms with E-state index in [-0.39, 0.29) is 5.41 Å². The molecule has 0 radical (unpaired) electrons. The van der Waals surface area contributed by atoms with Crippen molar-refractivity contribution in [3.8, 4) is 11.6 Å². The second-order valence-corrected chi connectivity index (χ2v) is 5.29. The molecule has 0 atom stereocenters. The van der Waals surface area contributed by atoms with Crippen molar-refractivity contribution in [2.75, 3.05) is 6.54 Å². The highest BCUT2D eigenvalue weighted by Crippen LogP contribution is 2.26. The van der Waals surface area contributed by atoms with E-state index in [0.717, 1.165) is 19.3 Å². The van der Waals surface area contributed by atoms with Crippen molar-refractivity contribution in [1.29, 1.82) is 0 Å². The van der Waals surface area contributed by atoms with Crippen LogP contribution in [0.1, 0.15) is 32.6 Å². The molecule has 0 spiro atoms. The molecule has 2 aromatic heterocycles. The molecular weight excluding hydrogens is 242 g/mol. The Balaban J connectivity index is 1.99. The van der Waals surface area contributed by atoms with Crippen LogP contribution >= 0.6 is 0 Å². The third-order valence-electron chi connectivity index (χ3n) is 3.07. The molecule has 0 saturated heterocycles. The number of aryl methyl sites for hydroxylation is 1. The molecule has 6 nitrogen and oxygen atoms in total. The number of nitrogens with two attached hydrogens (primary N) is 1. The van der Waals surface area contributed by atoms with Crippen LogP contribution in [0.15, 0.2) is 23.0 Å². The minimum Gasteiger partial charge on any atom is -0.339 e. The molecule has 19 heavy (non-hydrogen) atoms. The van der Waals surface area contributed by atoms with Crippen molar-refractivity contribution in [3.05, 3.63) is 24.4 Å². The molecule has 2 heterocycles. The quantitative estimate of drug-likeness (QED) is 0.853. The Morgan fingerprint density at radius 1 is 1.16 bits per heavy atom. The van der Waals surface area contributed by atoms with Gasteiger partial charge in [0.25, 0.3) is 0 Å². The van der Waals surface area contributed by atoms with Gasteiger partial charge in [0.2, 0.25) is 17.5 Å². The second-order valence-electron chi connectivity index (χ2n) is 5.29. The summed E-state index contributed by atoms with van der Waals surface area (Å²) in [5.41, 5.74) is 5.78. The van der Waals surface area contributed by atoms with Gasteiger partial charge in [-0.25, -0.2) is 9.97 Å². The summed E-state index contributed by atoms with van der Waals surface area (Å²) in [6, 6.07) is 1.75. The molecular formula is C13H19N5O. The maximum Gasteiger partial charge on any atom is 0.240 e. The fourth-order valence-corrected chi connectivity index (χ4v) is 1.82. The number of hydrogen-bond donors (Lipinski definition) is 1. The van der Waals surface area contributed by atoms with E-state index in [4.69, 9.17) is 10.3 Å². The zero-order valence-corrected chi connectivity index (χ0v) is 11.3. The first kappa shape index (κ1) is 13.6. The fourth-order valence-electron chi connectivity index (χ4n) is 1.82. The Morgan fingerprint density at radius 2 is 1.89 bits per heavy atom. The Kier molecular flexibility index (Phi) is 4.21. The van der Waals surface area contributed by atoms with Gasteiger partial charge < -0.3 is 10.3 Å². The van der Waals surface area contributed by atoms with Crippen LogP contribution in [0.4, 0.5) is 0 Å². The highest BCUT2D eigenvalue weighted by atomic mass is 16.5. The van der Waals surface area contributed by atoms with Crippen molar-refractivity contribution >= 4 is 0 Å². The van der Waals surface area contributed by atoms with Gasteiger partial charge in [0, 0.05) is 18.8 Å². The average molecular weight is 261 g/mol. The number of nitrogens with zero attached hydrogens (tertiary/aromatic N) is 4. The molecule has 2 rings (SSSR count). The van der Waals surface area contributed by atoms with Crippen molar-refractivity contribution in [1.82, 2.24) is 20.1 Å². The van der Waals surface area contributed by atoms with Gasteiger partial charge in [-0.2, -0.15) is 4.98 Å². The topological polar surface area (TPSA) is 90.7 Å². The molecule has 0 aromatic carbocycles. The molecule has 0 aliphatic rings. The monoisotopic (exact) mass is 261 g/mol. The SMILES string of the molecule is CC(C)(CCN)CCc1nc(-c2ncccn2)no1. The largest absolute Gasteiger partial charge is 0.339 e. The summed E-state index contributed by atoms with van der Waals surface area (Å²) in [5, 5.41) is 3.90. The van der Waals surface area contributed by atoms with Crippen LogP contribution in [-0.4, -0.2) is 26.7 Å². The number of rotatable bonds is 6.